The second kappa shape index (κ2) is 5.71. The monoisotopic (exact) mass is 249 g/mol. The van der Waals surface area contributed by atoms with Crippen LogP contribution in [0.2, 0.25) is 0 Å². The van der Waals surface area contributed by atoms with Crippen molar-refractivity contribution >= 4 is 17.5 Å². The molecule has 0 radical (unpaired) electrons. The normalized spacial score (nSPS) is 19.6. The standard InChI is InChI=1S/C13H19N3O2/c1-2-18-13(17)11-5-3-4-8-16(11)10-6-7-15-12(14)9-10/h6-7,9,11H,2-5,8H2,1H3,(H2,14,15). The number of nitrogens with two attached hydrogens (primary N) is 1. The summed E-state index contributed by atoms with van der Waals surface area (Å²) in [6, 6.07) is 3.49. The van der Waals surface area contributed by atoms with Crippen LogP contribution in [-0.4, -0.2) is 30.1 Å². The van der Waals surface area contributed by atoms with Gasteiger partial charge in [0.2, 0.25) is 0 Å². The van der Waals surface area contributed by atoms with Crippen molar-refractivity contribution in [3.63, 3.8) is 0 Å². The maximum atomic E-state index is 12.0. The van der Waals surface area contributed by atoms with Gasteiger partial charge in [-0.2, -0.15) is 0 Å². The maximum Gasteiger partial charge on any atom is 0.328 e. The van der Waals surface area contributed by atoms with E-state index < -0.39 is 0 Å². The quantitative estimate of drug-likeness (QED) is 0.824. The number of esters is 1. The molecule has 0 bridgehead atoms. The predicted octanol–water partition coefficient (Wildman–Crippen LogP) is 1.59. The zero-order chi connectivity index (χ0) is 13.0. The molecule has 0 aromatic carbocycles. The Morgan fingerprint density at radius 2 is 2.44 bits per heavy atom. The highest BCUT2D eigenvalue weighted by molar-refractivity contribution is 5.80. The largest absolute Gasteiger partial charge is 0.464 e. The number of aromatic nitrogens is 1. The molecule has 1 atom stereocenters. The van der Waals surface area contributed by atoms with Gasteiger partial charge in [0.15, 0.2) is 0 Å². The maximum absolute atomic E-state index is 12.0. The van der Waals surface area contributed by atoms with Gasteiger partial charge in [-0.15, -0.1) is 0 Å². The van der Waals surface area contributed by atoms with Crippen LogP contribution in [0.4, 0.5) is 11.5 Å². The SMILES string of the molecule is CCOC(=O)C1CCCCN1c1ccnc(N)c1. The molecule has 1 aliphatic heterocycles. The Morgan fingerprint density at radius 3 is 3.17 bits per heavy atom. The topological polar surface area (TPSA) is 68.5 Å². The lowest BCUT2D eigenvalue weighted by atomic mass is 10.0. The highest BCUT2D eigenvalue weighted by Crippen LogP contribution is 2.26. The first-order chi connectivity index (χ1) is 8.72. The number of nitrogens with zero attached hydrogens (tertiary/aromatic N) is 2. The van der Waals surface area contributed by atoms with Crippen LogP contribution >= 0.6 is 0 Å². The van der Waals surface area contributed by atoms with Crippen LogP contribution in [0.15, 0.2) is 18.3 Å². The molecule has 1 aromatic heterocycles. The summed E-state index contributed by atoms with van der Waals surface area (Å²) in [7, 11) is 0. The van der Waals surface area contributed by atoms with E-state index in [-0.39, 0.29) is 12.0 Å². The van der Waals surface area contributed by atoms with Crippen LogP contribution in [0.5, 0.6) is 0 Å². The van der Waals surface area contributed by atoms with Gasteiger partial charge in [-0.1, -0.05) is 0 Å². The highest BCUT2D eigenvalue weighted by Gasteiger charge is 2.30. The van der Waals surface area contributed by atoms with Crippen molar-refractivity contribution in [1.29, 1.82) is 0 Å². The van der Waals surface area contributed by atoms with E-state index in [1.807, 2.05) is 13.0 Å². The van der Waals surface area contributed by atoms with Crippen molar-refractivity contribution in [2.45, 2.75) is 32.2 Å². The summed E-state index contributed by atoms with van der Waals surface area (Å²) in [5.74, 6) is 0.327. The predicted molar refractivity (Wildman–Crippen MR) is 70.3 cm³/mol. The van der Waals surface area contributed by atoms with Crippen LogP contribution in [-0.2, 0) is 9.53 Å². The van der Waals surface area contributed by atoms with E-state index in [1.165, 1.54) is 0 Å². The second-order valence-corrected chi connectivity index (χ2v) is 4.40. The zero-order valence-corrected chi connectivity index (χ0v) is 10.6. The van der Waals surface area contributed by atoms with E-state index in [9.17, 15) is 4.79 Å². The van der Waals surface area contributed by atoms with Crippen LogP contribution in [0.1, 0.15) is 26.2 Å². The van der Waals surface area contributed by atoms with Gasteiger partial charge in [-0.05, 0) is 32.3 Å². The molecular weight excluding hydrogens is 230 g/mol. The van der Waals surface area contributed by atoms with Crippen LogP contribution in [0.3, 0.4) is 0 Å². The molecule has 1 aliphatic rings. The molecule has 5 nitrogen and oxygen atoms in total. The minimum Gasteiger partial charge on any atom is -0.464 e. The van der Waals surface area contributed by atoms with Gasteiger partial charge in [-0.3, -0.25) is 0 Å². The van der Waals surface area contributed by atoms with Crippen molar-refractivity contribution in [3.05, 3.63) is 18.3 Å². The molecule has 0 amide bonds. The molecule has 98 valence electrons. The second-order valence-electron chi connectivity index (χ2n) is 4.40. The van der Waals surface area contributed by atoms with Crippen molar-refractivity contribution in [3.8, 4) is 0 Å². The minimum atomic E-state index is -0.194. The molecule has 2 heterocycles. The Bertz CT molecular complexity index is 422. The van der Waals surface area contributed by atoms with Crippen LogP contribution in [0.25, 0.3) is 0 Å². The van der Waals surface area contributed by atoms with E-state index in [4.69, 9.17) is 10.5 Å². The first kappa shape index (κ1) is 12.7. The smallest absolute Gasteiger partial charge is 0.328 e. The molecule has 1 saturated heterocycles. The minimum absolute atomic E-state index is 0.146. The lowest BCUT2D eigenvalue weighted by Crippen LogP contribution is -2.45. The number of carbonyl (C=O) groups is 1. The molecule has 18 heavy (non-hydrogen) atoms. The Balaban J connectivity index is 2.20. The van der Waals surface area contributed by atoms with Crippen molar-refractivity contribution in [2.75, 3.05) is 23.8 Å². The molecule has 1 aromatic rings. The number of piperidine rings is 1. The van der Waals surface area contributed by atoms with Gasteiger partial charge in [0.1, 0.15) is 11.9 Å². The average molecular weight is 249 g/mol. The van der Waals surface area contributed by atoms with Gasteiger partial charge in [0.25, 0.3) is 0 Å². The number of pyridine rings is 1. The molecule has 0 saturated carbocycles. The number of ether oxygens (including phenoxy) is 1. The Labute approximate surface area is 107 Å². The number of hydrogen-bond acceptors (Lipinski definition) is 5. The lowest BCUT2D eigenvalue weighted by molar-refractivity contribution is -0.145. The van der Waals surface area contributed by atoms with Gasteiger partial charge < -0.3 is 15.4 Å². The molecule has 0 spiro atoms. The number of nitrogen functional groups attached to an aromatic ring is 1. The summed E-state index contributed by atoms with van der Waals surface area (Å²) in [5, 5.41) is 0. The Kier molecular flexibility index (Phi) is 4.02. The Hall–Kier alpha value is -1.78. The van der Waals surface area contributed by atoms with Crippen molar-refractivity contribution in [2.24, 2.45) is 0 Å². The molecule has 2 N–H and O–H groups in total. The van der Waals surface area contributed by atoms with E-state index >= 15 is 0 Å². The molecule has 5 heteroatoms. The molecule has 1 fully saturated rings. The average Bonchev–Trinajstić information content (AvgIpc) is 2.39. The summed E-state index contributed by atoms with van der Waals surface area (Å²) >= 11 is 0. The van der Waals surface area contributed by atoms with Crippen molar-refractivity contribution in [1.82, 2.24) is 4.98 Å². The summed E-state index contributed by atoms with van der Waals surface area (Å²) < 4.78 is 5.14. The van der Waals surface area contributed by atoms with E-state index in [0.717, 1.165) is 31.5 Å². The Morgan fingerprint density at radius 1 is 1.61 bits per heavy atom. The molecule has 2 rings (SSSR count). The van der Waals surface area contributed by atoms with Gasteiger partial charge >= 0.3 is 5.97 Å². The van der Waals surface area contributed by atoms with E-state index in [2.05, 4.69) is 9.88 Å². The summed E-state index contributed by atoms with van der Waals surface area (Å²) in [6.07, 6.45) is 4.64. The number of hydrogen-bond donors (Lipinski definition) is 1. The summed E-state index contributed by atoms with van der Waals surface area (Å²) in [4.78, 5) is 18.0. The number of carbonyl (C=O) groups excluding carboxylic acids is 1. The van der Waals surface area contributed by atoms with E-state index in [0.29, 0.717) is 12.4 Å². The first-order valence-electron chi connectivity index (χ1n) is 6.37. The zero-order valence-electron chi connectivity index (χ0n) is 10.6. The summed E-state index contributed by atoms with van der Waals surface area (Å²) in [6.45, 7) is 3.10. The number of anilines is 2. The fourth-order valence-electron chi connectivity index (χ4n) is 2.34. The third-order valence-electron chi connectivity index (χ3n) is 3.16. The summed E-state index contributed by atoms with van der Waals surface area (Å²) in [5.41, 5.74) is 6.64. The highest BCUT2D eigenvalue weighted by atomic mass is 16.5. The third-order valence-corrected chi connectivity index (χ3v) is 3.16. The molecule has 0 aliphatic carbocycles. The van der Waals surface area contributed by atoms with Gasteiger partial charge in [-0.25, -0.2) is 9.78 Å². The van der Waals surface area contributed by atoms with E-state index in [1.54, 1.807) is 12.3 Å². The van der Waals surface area contributed by atoms with Gasteiger partial charge in [0.05, 0.1) is 6.61 Å². The fourth-order valence-corrected chi connectivity index (χ4v) is 2.34. The fraction of sp³-hybridized carbons (Fsp3) is 0.538. The lowest BCUT2D eigenvalue weighted by Gasteiger charge is -2.35. The molecule has 1 unspecified atom stereocenters. The van der Waals surface area contributed by atoms with Gasteiger partial charge in [0, 0.05) is 24.5 Å². The molecular formula is C13H19N3O2. The van der Waals surface area contributed by atoms with Crippen LogP contribution in [0, 0.1) is 0 Å². The van der Waals surface area contributed by atoms with Crippen LogP contribution < -0.4 is 10.6 Å². The third kappa shape index (κ3) is 2.72. The number of rotatable bonds is 3. The van der Waals surface area contributed by atoms with Crippen molar-refractivity contribution < 1.29 is 9.53 Å². The first-order valence-corrected chi connectivity index (χ1v) is 6.37.